The van der Waals surface area contributed by atoms with Crippen molar-refractivity contribution < 1.29 is 4.79 Å². The van der Waals surface area contributed by atoms with Crippen molar-refractivity contribution in [2.24, 2.45) is 5.41 Å². The van der Waals surface area contributed by atoms with E-state index in [0.717, 1.165) is 6.54 Å². The Balaban J connectivity index is 1.85. The SMILES string of the molecule is CC1(CNC(=O)c2cn[nH]c2)CC1. The van der Waals surface area contributed by atoms with Gasteiger partial charge in [-0.15, -0.1) is 0 Å². The number of H-pyrrole nitrogens is 1. The van der Waals surface area contributed by atoms with Crippen molar-refractivity contribution in [3.05, 3.63) is 18.0 Å². The van der Waals surface area contributed by atoms with E-state index in [1.54, 1.807) is 6.20 Å². The Bertz CT molecular complexity index is 301. The van der Waals surface area contributed by atoms with Crippen LogP contribution in [-0.4, -0.2) is 22.6 Å². The summed E-state index contributed by atoms with van der Waals surface area (Å²) in [6, 6.07) is 0. The van der Waals surface area contributed by atoms with Crippen LogP contribution in [0.3, 0.4) is 0 Å². The number of carbonyl (C=O) groups is 1. The van der Waals surface area contributed by atoms with Crippen LogP contribution in [0.15, 0.2) is 12.4 Å². The van der Waals surface area contributed by atoms with Gasteiger partial charge in [-0.25, -0.2) is 0 Å². The first kappa shape index (κ1) is 8.29. The van der Waals surface area contributed by atoms with Crippen LogP contribution >= 0.6 is 0 Å². The summed E-state index contributed by atoms with van der Waals surface area (Å²) in [6.45, 7) is 2.96. The standard InChI is InChI=1S/C9H13N3O/c1-9(2-3-9)6-10-8(13)7-4-11-12-5-7/h4-5H,2-3,6H2,1H3,(H,10,13)(H,11,12). The predicted molar refractivity (Wildman–Crippen MR) is 48.3 cm³/mol. The van der Waals surface area contributed by atoms with Crippen LogP contribution in [0.25, 0.3) is 0 Å². The quantitative estimate of drug-likeness (QED) is 0.725. The molecule has 1 aliphatic carbocycles. The fraction of sp³-hybridized carbons (Fsp3) is 0.556. The molecule has 4 nitrogen and oxygen atoms in total. The monoisotopic (exact) mass is 179 g/mol. The summed E-state index contributed by atoms with van der Waals surface area (Å²) in [6.07, 6.45) is 5.58. The molecule has 2 rings (SSSR count). The first-order valence-electron chi connectivity index (χ1n) is 4.47. The van der Waals surface area contributed by atoms with Crippen LogP contribution in [0.4, 0.5) is 0 Å². The second kappa shape index (κ2) is 2.87. The highest BCUT2D eigenvalue weighted by atomic mass is 16.1. The number of amides is 1. The average molecular weight is 179 g/mol. The highest BCUT2D eigenvalue weighted by molar-refractivity contribution is 5.93. The molecule has 70 valence electrons. The Labute approximate surface area is 76.7 Å². The summed E-state index contributed by atoms with van der Waals surface area (Å²) in [4.78, 5) is 11.4. The molecule has 1 fully saturated rings. The van der Waals surface area contributed by atoms with Crippen LogP contribution in [0.5, 0.6) is 0 Å². The third-order valence-electron chi connectivity index (χ3n) is 2.54. The van der Waals surface area contributed by atoms with Crippen LogP contribution < -0.4 is 5.32 Å². The second-order valence-electron chi connectivity index (χ2n) is 3.98. The van der Waals surface area contributed by atoms with E-state index >= 15 is 0 Å². The van der Waals surface area contributed by atoms with E-state index in [0.29, 0.717) is 11.0 Å². The molecule has 1 aromatic heterocycles. The molecule has 1 aliphatic rings. The fourth-order valence-electron chi connectivity index (χ4n) is 1.16. The molecule has 0 aromatic carbocycles. The predicted octanol–water partition coefficient (Wildman–Crippen LogP) is 0.940. The van der Waals surface area contributed by atoms with Gasteiger partial charge < -0.3 is 5.32 Å². The largest absolute Gasteiger partial charge is 0.351 e. The number of carbonyl (C=O) groups excluding carboxylic acids is 1. The number of hydrogen-bond acceptors (Lipinski definition) is 2. The molecule has 4 heteroatoms. The fourth-order valence-corrected chi connectivity index (χ4v) is 1.16. The van der Waals surface area contributed by atoms with Crippen LogP contribution in [0.2, 0.25) is 0 Å². The van der Waals surface area contributed by atoms with Crippen molar-refractivity contribution in [2.45, 2.75) is 19.8 Å². The highest BCUT2D eigenvalue weighted by Gasteiger charge is 2.37. The average Bonchev–Trinajstić information content (AvgIpc) is 2.69. The van der Waals surface area contributed by atoms with Gasteiger partial charge in [-0.3, -0.25) is 9.89 Å². The Hall–Kier alpha value is -1.32. The number of aromatic amines is 1. The van der Waals surface area contributed by atoms with Crippen molar-refractivity contribution in [1.29, 1.82) is 0 Å². The molecule has 1 amide bonds. The lowest BCUT2D eigenvalue weighted by Crippen LogP contribution is -2.28. The summed E-state index contributed by atoms with van der Waals surface area (Å²) in [5, 5.41) is 9.22. The zero-order valence-corrected chi connectivity index (χ0v) is 7.63. The van der Waals surface area contributed by atoms with Gasteiger partial charge in [-0.05, 0) is 18.3 Å². The summed E-state index contributed by atoms with van der Waals surface area (Å²) in [5.41, 5.74) is 0.962. The molecule has 0 atom stereocenters. The lowest BCUT2D eigenvalue weighted by molar-refractivity contribution is 0.0946. The van der Waals surface area contributed by atoms with E-state index in [2.05, 4.69) is 22.4 Å². The van der Waals surface area contributed by atoms with Crippen LogP contribution in [-0.2, 0) is 0 Å². The lowest BCUT2D eigenvalue weighted by Gasteiger charge is -2.08. The Kier molecular flexibility index (Phi) is 1.83. The summed E-state index contributed by atoms with van der Waals surface area (Å²) in [5.74, 6) is -0.0399. The summed E-state index contributed by atoms with van der Waals surface area (Å²) >= 11 is 0. The molecule has 1 heterocycles. The third-order valence-corrected chi connectivity index (χ3v) is 2.54. The van der Waals surface area contributed by atoms with Gasteiger partial charge >= 0.3 is 0 Å². The van der Waals surface area contributed by atoms with E-state index in [9.17, 15) is 4.79 Å². The van der Waals surface area contributed by atoms with Gasteiger partial charge in [0.05, 0.1) is 11.8 Å². The summed E-state index contributed by atoms with van der Waals surface area (Å²) < 4.78 is 0. The maximum atomic E-state index is 11.4. The molecule has 1 aromatic rings. The maximum absolute atomic E-state index is 11.4. The number of nitrogens with one attached hydrogen (secondary N) is 2. The topological polar surface area (TPSA) is 57.8 Å². The number of rotatable bonds is 3. The summed E-state index contributed by atoms with van der Waals surface area (Å²) in [7, 11) is 0. The first-order valence-corrected chi connectivity index (χ1v) is 4.47. The minimum Gasteiger partial charge on any atom is -0.351 e. The van der Waals surface area contributed by atoms with Gasteiger partial charge in [0, 0.05) is 12.7 Å². The van der Waals surface area contributed by atoms with Gasteiger partial charge in [-0.2, -0.15) is 5.10 Å². The van der Waals surface area contributed by atoms with E-state index in [-0.39, 0.29) is 5.91 Å². The first-order chi connectivity index (χ1) is 6.20. The molecule has 0 radical (unpaired) electrons. The van der Waals surface area contributed by atoms with Crippen molar-refractivity contribution in [3.63, 3.8) is 0 Å². The zero-order chi connectivity index (χ0) is 9.31. The normalized spacial score (nSPS) is 18.2. The molecule has 0 spiro atoms. The second-order valence-corrected chi connectivity index (χ2v) is 3.98. The number of hydrogen-bond donors (Lipinski definition) is 2. The van der Waals surface area contributed by atoms with Crippen LogP contribution in [0, 0.1) is 5.41 Å². The van der Waals surface area contributed by atoms with Crippen molar-refractivity contribution >= 4 is 5.91 Å². The maximum Gasteiger partial charge on any atom is 0.254 e. The zero-order valence-electron chi connectivity index (χ0n) is 7.63. The van der Waals surface area contributed by atoms with Gasteiger partial charge in [0.25, 0.3) is 5.91 Å². The van der Waals surface area contributed by atoms with E-state index < -0.39 is 0 Å². The lowest BCUT2D eigenvalue weighted by atomic mass is 10.1. The molecule has 0 saturated heterocycles. The molecule has 0 unspecified atom stereocenters. The Morgan fingerprint density at radius 2 is 2.54 bits per heavy atom. The minimum absolute atomic E-state index is 0.0399. The van der Waals surface area contributed by atoms with E-state index in [4.69, 9.17) is 0 Å². The van der Waals surface area contributed by atoms with Gasteiger partial charge in [0.2, 0.25) is 0 Å². The molecule has 13 heavy (non-hydrogen) atoms. The van der Waals surface area contributed by atoms with Gasteiger partial charge in [-0.1, -0.05) is 6.92 Å². The number of aromatic nitrogens is 2. The molecular weight excluding hydrogens is 166 g/mol. The molecule has 2 N–H and O–H groups in total. The van der Waals surface area contributed by atoms with E-state index in [1.165, 1.54) is 19.0 Å². The number of nitrogens with zero attached hydrogens (tertiary/aromatic N) is 1. The van der Waals surface area contributed by atoms with Gasteiger partial charge in [0.1, 0.15) is 0 Å². The molecule has 1 saturated carbocycles. The van der Waals surface area contributed by atoms with Crippen molar-refractivity contribution in [2.75, 3.05) is 6.54 Å². The molecule has 0 aliphatic heterocycles. The van der Waals surface area contributed by atoms with Gasteiger partial charge in [0.15, 0.2) is 0 Å². The molecule has 0 bridgehead atoms. The van der Waals surface area contributed by atoms with E-state index in [1.807, 2.05) is 0 Å². The smallest absolute Gasteiger partial charge is 0.254 e. The van der Waals surface area contributed by atoms with Crippen molar-refractivity contribution in [3.8, 4) is 0 Å². The third kappa shape index (κ3) is 1.88. The Morgan fingerprint density at radius 1 is 1.77 bits per heavy atom. The molecular formula is C9H13N3O. The minimum atomic E-state index is -0.0399. The highest BCUT2D eigenvalue weighted by Crippen LogP contribution is 2.44. The Morgan fingerprint density at radius 3 is 3.08 bits per heavy atom. The van der Waals surface area contributed by atoms with Crippen molar-refractivity contribution in [1.82, 2.24) is 15.5 Å². The van der Waals surface area contributed by atoms with Crippen LogP contribution in [0.1, 0.15) is 30.1 Å².